The monoisotopic (exact) mass is 325 g/mol. The molecule has 0 unspecified atom stereocenters. The number of piperidine rings is 1. The van der Waals surface area contributed by atoms with E-state index in [2.05, 4.69) is 57.5 Å². The molecule has 126 valence electrons. The third kappa shape index (κ3) is 2.69. The van der Waals surface area contributed by atoms with Crippen molar-refractivity contribution in [2.45, 2.75) is 38.6 Å². The zero-order chi connectivity index (χ0) is 16.7. The first-order valence-corrected chi connectivity index (χ1v) is 8.54. The lowest BCUT2D eigenvalue weighted by Crippen LogP contribution is -2.37. The Morgan fingerprint density at radius 3 is 3.00 bits per heavy atom. The summed E-state index contributed by atoms with van der Waals surface area (Å²) in [6.45, 7) is 6.34. The van der Waals surface area contributed by atoms with Crippen LogP contribution in [0.1, 0.15) is 48.9 Å². The number of nitrogens with one attached hydrogen (secondary N) is 1. The number of benzene rings is 1. The van der Waals surface area contributed by atoms with E-state index in [4.69, 9.17) is 4.98 Å². The van der Waals surface area contributed by atoms with Gasteiger partial charge in [0.15, 0.2) is 5.82 Å². The van der Waals surface area contributed by atoms with Crippen LogP contribution in [0.4, 0.5) is 0 Å². The maximum Gasteiger partial charge on any atom is 0.167 e. The Morgan fingerprint density at radius 1 is 1.33 bits per heavy atom. The van der Waals surface area contributed by atoms with Crippen molar-refractivity contribution in [2.24, 2.45) is 7.05 Å². The minimum atomic E-state index is 0.208. The second-order valence-corrected chi connectivity index (χ2v) is 6.81. The number of hydrogen-bond acceptors (Lipinski definition) is 5. The number of imidazole rings is 1. The summed E-state index contributed by atoms with van der Waals surface area (Å²) in [5, 5.41) is 11.9. The van der Waals surface area contributed by atoms with Gasteiger partial charge in [-0.15, -0.1) is 5.10 Å². The van der Waals surface area contributed by atoms with Gasteiger partial charge in [0.05, 0.1) is 17.1 Å². The predicted molar refractivity (Wildman–Crippen MR) is 91.6 cm³/mol. The smallest absolute Gasteiger partial charge is 0.167 e. The molecule has 1 N–H and O–H groups in total. The molecular weight excluding hydrogens is 302 g/mol. The Bertz CT molecular complexity index is 850. The molecule has 1 aliphatic rings. The molecule has 2 aromatic heterocycles. The van der Waals surface area contributed by atoms with Crippen molar-refractivity contribution in [3.05, 3.63) is 35.4 Å². The van der Waals surface area contributed by atoms with E-state index in [1.165, 1.54) is 12.0 Å². The van der Waals surface area contributed by atoms with Crippen molar-refractivity contribution in [1.29, 1.82) is 0 Å². The summed E-state index contributed by atoms with van der Waals surface area (Å²) in [5.41, 5.74) is 3.44. The standard InChI is InChI=1S/C17H23N7/c1-11-6-7-14-15(9-11)19-16(18-14)13-5-4-8-24(10-13)12(2)17-20-21-22-23(17)3/h6-7,9,12-13H,4-5,8,10H2,1-3H3,(H,18,19)/t12-,13-/m0/s1. The van der Waals surface area contributed by atoms with E-state index in [1.54, 1.807) is 4.68 Å². The lowest BCUT2D eigenvalue weighted by Gasteiger charge is -2.35. The van der Waals surface area contributed by atoms with E-state index in [0.29, 0.717) is 5.92 Å². The number of aromatic amines is 1. The third-order valence-electron chi connectivity index (χ3n) is 5.07. The summed E-state index contributed by atoms with van der Waals surface area (Å²) in [6.07, 6.45) is 2.33. The van der Waals surface area contributed by atoms with Gasteiger partial charge in [-0.05, 0) is 61.4 Å². The fourth-order valence-electron chi connectivity index (χ4n) is 3.67. The van der Waals surface area contributed by atoms with E-state index < -0.39 is 0 Å². The molecule has 7 heteroatoms. The number of fused-ring (bicyclic) bond motifs is 1. The van der Waals surface area contributed by atoms with Gasteiger partial charge >= 0.3 is 0 Å². The number of H-pyrrole nitrogens is 1. The van der Waals surface area contributed by atoms with E-state index in [1.807, 2.05) is 7.05 Å². The second-order valence-electron chi connectivity index (χ2n) is 6.81. The van der Waals surface area contributed by atoms with E-state index >= 15 is 0 Å². The first-order valence-electron chi connectivity index (χ1n) is 8.54. The number of rotatable bonds is 3. The van der Waals surface area contributed by atoms with Crippen LogP contribution in [-0.2, 0) is 7.05 Å². The summed E-state index contributed by atoms with van der Waals surface area (Å²) in [6, 6.07) is 6.59. The average molecular weight is 325 g/mol. The molecule has 0 radical (unpaired) electrons. The fraction of sp³-hybridized carbons (Fsp3) is 0.529. The number of nitrogens with zero attached hydrogens (tertiary/aromatic N) is 6. The van der Waals surface area contributed by atoms with Gasteiger partial charge in [-0.1, -0.05) is 6.07 Å². The minimum absolute atomic E-state index is 0.208. The molecule has 4 rings (SSSR count). The fourth-order valence-corrected chi connectivity index (χ4v) is 3.67. The first-order chi connectivity index (χ1) is 11.6. The number of aryl methyl sites for hydroxylation is 2. The highest BCUT2D eigenvalue weighted by Crippen LogP contribution is 2.31. The van der Waals surface area contributed by atoms with Gasteiger partial charge in [0.2, 0.25) is 0 Å². The summed E-state index contributed by atoms with van der Waals surface area (Å²) in [7, 11) is 1.90. The predicted octanol–water partition coefficient (Wildman–Crippen LogP) is 2.34. The first kappa shape index (κ1) is 15.3. The van der Waals surface area contributed by atoms with Crippen LogP contribution in [0, 0.1) is 6.92 Å². The van der Waals surface area contributed by atoms with Crippen LogP contribution in [-0.4, -0.2) is 48.2 Å². The van der Waals surface area contributed by atoms with Crippen molar-refractivity contribution >= 4 is 11.0 Å². The second kappa shape index (κ2) is 5.98. The maximum absolute atomic E-state index is 4.82. The Balaban J connectivity index is 1.56. The van der Waals surface area contributed by atoms with Gasteiger partial charge < -0.3 is 4.98 Å². The molecule has 1 aliphatic heterocycles. The van der Waals surface area contributed by atoms with Gasteiger partial charge in [0.1, 0.15) is 5.82 Å². The Hall–Kier alpha value is -2.28. The highest BCUT2D eigenvalue weighted by atomic mass is 15.5. The summed E-state index contributed by atoms with van der Waals surface area (Å²) in [5.74, 6) is 2.44. The van der Waals surface area contributed by atoms with Crippen LogP contribution in [0.5, 0.6) is 0 Å². The lowest BCUT2D eigenvalue weighted by atomic mass is 9.96. The normalized spacial score (nSPS) is 20.5. The van der Waals surface area contributed by atoms with Crippen LogP contribution < -0.4 is 0 Å². The Labute approximate surface area is 141 Å². The molecule has 0 amide bonds. The number of tetrazole rings is 1. The highest BCUT2D eigenvalue weighted by Gasteiger charge is 2.29. The topological polar surface area (TPSA) is 75.5 Å². The number of aromatic nitrogens is 6. The van der Waals surface area contributed by atoms with Crippen LogP contribution in [0.25, 0.3) is 11.0 Å². The minimum Gasteiger partial charge on any atom is -0.342 e. The Morgan fingerprint density at radius 2 is 2.21 bits per heavy atom. The molecule has 3 heterocycles. The van der Waals surface area contributed by atoms with Gasteiger partial charge in [-0.25, -0.2) is 9.67 Å². The molecule has 1 saturated heterocycles. The summed E-state index contributed by atoms with van der Waals surface area (Å²) >= 11 is 0. The molecular formula is C17H23N7. The van der Waals surface area contributed by atoms with Gasteiger partial charge in [0, 0.05) is 19.5 Å². The van der Waals surface area contributed by atoms with Gasteiger partial charge in [0.25, 0.3) is 0 Å². The molecule has 0 bridgehead atoms. The molecule has 24 heavy (non-hydrogen) atoms. The van der Waals surface area contributed by atoms with Gasteiger partial charge in [-0.3, -0.25) is 4.90 Å². The number of likely N-dealkylation sites (tertiary alicyclic amines) is 1. The molecule has 0 aliphatic carbocycles. The highest BCUT2D eigenvalue weighted by molar-refractivity contribution is 5.75. The SMILES string of the molecule is Cc1ccc2nc([C@H]3CCCN([C@@H](C)c4nnnn4C)C3)[nH]c2c1. The molecule has 0 spiro atoms. The number of hydrogen-bond donors (Lipinski definition) is 1. The van der Waals surface area contributed by atoms with Gasteiger partial charge in [-0.2, -0.15) is 0 Å². The van der Waals surface area contributed by atoms with Crippen LogP contribution in [0.3, 0.4) is 0 Å². The Kier molecular flexibility index (Phi) is 3.80. The van der Waals surface area contributed by atoms with Crippen molar-refractivity contribution in [3.63, 3.8) is 0 Å². The van der Waals surface area contributed by atoms with Crippen LogP contribution in [0.2, 0.25) is 0 Å². The van der Waals surface area contributed by atoms with E-state index in [-0.39, 0.29) is 6.04 Å². The zero-order valence-corrected chi connectivity index (χ0v) is 14.4. The molecule has 3 aromatic rings. The zero-order valence-electron chi connectivity index (χ0n) is 14.4. The largest absolute Gasteiger partial charge is 0.342 e. The summed E-state index contributed by atoms with van der Waals surface area (Å²) in [4.78, 5) is 10.8. The van der Waals surface area contributed by atoms with Crippen molar-refractivity contribution in [3.8, 4) is 0 Å². The van der Waals surface area contributed by atoms with Crippen LogP contribution in [0.15, 0.2) is 18.2 Å². The lowest BCUT2D eigenvalue weighted by molar-refractivity contribution is 0.148. The maximum atomic E-state index is 4.82. The molecule has 2 atom stereocenters. The third-order valence-corrected chi connectivity index (χ3v) is 5.07. The average Bonchev–Trinajstić information content (AvgIpc) is 3.20. The molecule has 0 saturated carbocycles. The molecule has 1 fully saturated rings. The van der Waals surface area contributed by atoms with E-state index in [0.717, 1.165) is 42.2 Å². The van der Waals surface area contributed by atoms with Crippen molar-refractivity contribution < 1.29 is 0 Å². The summed E-state index contributed by atoms with van der Waals surface area (Å²) < 4.78 is 1.76. The van der Waals surface area contributed by atoms with Crippen LogP contribution >= 0.6 is 0 Å². The molecule has 7 nitrogen and oxygen atoms in total. The van der Waals surface area contributed by atoms with E-state index in [9.17, 15) is 0 Å². The van der Waals surface area contributed by atoms with Crippen molar-refractivity contribution in [2.75, 3.05) is 13.1 Å². The molecule has 1 aromatic carbocycles. The van der Waals surface area contributed by atoms with Crippen molar-refractivity contribution in [1.82, 2.24) is 35.1 Å². The quantitative estimate of drug-likeness (QED) is 0.800.